The number of alkyl halides is 2. The summed E-state index contributed by atoms with van der Waals surface area (Å²) in [6, 6.07) is 7.07. The van der Waals surface area contributed by atoms with Crippen molar-refractivity contribution in [2.75, 3.05) is 13.7 Å². The molecule has 0 amide bonds. The van der Waals surface area contributed by atoms with Crippen LogP contribution in [0.25, 0.3) is 5.70 Å². The Kier molecular flexibility index (Phi) is 6.99. The second-order valence-electron chi connectivity index (χ2n) is 4.37. The van der Waals surface area contributed by atoms with Crippen LogP contribution in [0.4, 0.5) is 8.78 Å². The normalized spacial score (nSPS) is 14.0. The van der Waals surface area contributed by atoms with Gasteiger partial charge in [-0.25, -0.2) is 8.78 Å². The van der Waals surface area contributed by atoms with E-state index in [0.717, 1.165) is 5.56 Å². The van der Waals surface area contributed by atoms with Gasteiger partial charge in [-0.3, -0.25) is 0 Å². The average molecular weight is 375 g/mol. The number of benzene rings is 1. The van der Waals surface area contributed by atoms with E-state index in [1.807, 2.05) is 0 Å². The molecular formula is C17H14F2NOY-. The van der Waals surface area contributed by atoms with Crippen molar-refractivity contribution >= 4 is 5.70 Å². The molecule has 0 saturated heterocycles. The fourth-order valence-corrected chi connectivity index (χ4v) is 2.03. The van der Waals surface area contributed by atoms with Crippen LogP contribution in [0.15, 0.2) is 48.2 Å². The first-order valence-corrected chi connectivity index (χ1v) is 6.26. The molecule has 0 saturated carbocycles. The van der Waals surface area contributed by atoms with Crippen LogP contribution >= 0.6 is 0 Å². The van der Waals surface area contributed by atoms with Gasteiger partial charge in [-0.1, -0.05) is 23.4 Å². The van der Waals surface area contributed by atoms with Gasteiger partial charge in [-0.15, -0.1) is 24.5 Å². The SMILES string of the molecule is C#CC1=C[C-]=C(c2ccc(OC)cc2)N(CC(F)F)C1=C.[Y]. The number of hydrogen-bond donors (Lipinski definition) is 0. The quantitative estimate of drug-likeness (QED) is 0.590. The molecule has 1 aromatic rings. The molecular weight excluding hydrogens is 361 g/mol. The third-order valence-corrected chi connectivity index (χ3v) is 3.10. The van der Waals surface area contributed by atoms with Crippen LogP contribution in [0.3, 0.4) is 0 Å². The summed E-state index contributed by atoms with van der Waals surface area (Å²) in [5.74, 6) is 3.12. The largest absolute Gasteiger partial charge is 0.497 e. The Labute approximate surface area is 154 Å². The Morgan fingerprint density at radius 2 is 2.00 bits per heavy atom. The van der Waals surface area contributed by atoms with Gasteiger partial charge in [0, 0.05) is 32.7 Å². The second kappa shape index (κ2) is 8.26. The monoisotopic (exact) mass is 375 g/mol. The summed E-state index contributed by atoms with van der Waals surface area (Å²) in [6.45, 7) is 3.33. The minimum Gasteiger partial charge on any atom is -0.497 e. The van der Waals surface area contributed by atoms with E-state index in [1.165, 1.54) is 4.90 Å². The van der Waals surface area contributed by atoms with E-state index in [2.05, 4.69) is 18.6 Å². The molecule has 0 aromatic heterocycles. The topological polar surface area (TPSA) is 12.5 Å². The summed E-state index contributed by atoms with van der Waals surface area (Å²) in [7, 11) is 1.56. The smallest absolute Gasteiger partial charge is 0.256 e. The van der Waals surface area contributed by atoms with Crippen molar-refractivity contribution in [2.45, 2.75) is 6.43 Å². The fourth-order valence-electron chi connectivity index (χ4n) is 2.03. The summed E-state index contributed by atoms with van der Waals surface area (Å²) in [6.07, 6.45) is 7.39. The van der Waals surface area contributed by atoms with Crippen molar-refractivity contribution < 1.29 is 46.2 Å². The number of methoxy groups -OCH3 is 1. The molecule has 1 aliphatic rings. The van der Waals surface area contributed by atoms with E-state index in [4.69, 9.17) is 11.2 Å². The average Bonchev–Trinajstić information content (AvgIpc) is 2.49. The number of terminal acetylenes is 1. The Balaban J connectivity index is 0.00000242. The molecule has 5 heteroatoms. The van der Waals surface area contributed by atoms with Crippen LogP contribution < -0.4 is 4.74 Å². The third kappa shape index (κ3) is 4.06. The zero-order valence-corrected chi connectivity index (χ0v) is 15.0. The van der Waals surface area contributed by atoms with E-state index in [0.29, 0.717) is 22.7 Å². The van der Waals surface area contributed by atoms with Crippen molar-refractivity contribution in [1.29, 1.82) is 0 Å². The van der Waals surface area contributed by atoms with E-state index in [1.54, 1.807) is 37.5 Å². The number of hydrogen-bond acceptors (Lipinski definition) is 2. The number of nitrogens with zero attached hydrogens (tertiary/aromatic N) is 1. The number of halogens is 2. The molecule has 22 heavy (non-hydrogen) atoms. The Morgan fingerprint density at radius 3 is 2.50 bits per heavy atom. The van der Waals surface area contributed by atoms with Gasteiger partial charge in [-0.2, -0.15) is 12.2 Å². The predicted molar refractivity (Wildman–Crippen MR) is 78.4 cm³/mol. The van der Waals surface area contributed by atoms with Gasteiger partial charge in [0.05, 0.1) is 13.7 Å². The maximum absolute atomic E-state index is 12.8. The van der Waals surface area contributed by atoms with Crippen LogP contribution in [-0.2, 0) is 32.7 Å². The van der Waals surface area contributed by atoms with Crippen molar-refractivity contribution in [1.82, 2.24) is 4.90 Å². The van der Waals surface area contributed by atoms with Gasteiger partial charge in [0.1, 0.15) is 5.75 Å². The van der Waals surface area contributed by atoms with Gasteiger partial charge >= 0.3 is 0 Å². The molecule has 0 spiro atoms. The zero-order chi connectivity index (χ0) is 15.4. The first-order valence-electron chi connectivity index (χ1n) is 6.26. The van der Waals surface area contributed by atoms with E-state index < -0.39 is 13.0 Å². The van der Waals surface area contributed by atoms with E-state index >= 15 is 0 Å². The van der Waals surface area contributed by atoms with Crippen LogP contribution in [0, 0.1) is 18.4 Å². The van der Waals surface area contributed by atoms with Crippen molar-refractivity contribution in [2.24, 2.45) is 0 Å². The fraction of sp³-hybridized carbons (Fsp3) is 0.176. The minimum absolute atomic E-state index is 0. The Morgan fingerprint density at radius 1 is 1.36 bits per heavy atom. The molecule has 0 fully saturated rings. The summed E-state index contributed by atoms with van der Waals surface area (Å²) in [5.41, 5.74) is 2.09. The van der Waals surface area contributed by atoms with E-state index in [9.17, 15) is 8.78 Å². The first-order chi connectivity index (χ1) is 10.1. The molecule has 1 radical (unpaired) electrons. The van der Waals surface area contributed by atoms with Crippen LogP contribution in [0.2, 0.25) is 0 Å². The van der Waals surface area contributed by atoms with Gasteiger partial charge in [0.2, 0.25) is 0 Å². The zero-order valence-electron chi connectivity index (χ0n) is 12.1. The molecule has 1 aromatic carbocycles. The summed E-state index contributed by atoms with van der Waals surface area (Å²) < 4.78 is 30.7. The third-order valence-electron chi connectivity index (χ3n) is 3.10. The molecule has 0 atom stereocenters. The van der Waals surface area contributed by atoms with Crippen molar-refractivity contribution in [3.05, 3.63) is 59.8 Å². The van der Waals surface area contributed by atoms with Gasteiger partial charge in [0.15, 0.2) is 0 Å². The first kappa shape index (κ1) is 18.6. The number of allylic oxidation sites excluding steroid dienone is 3. The van der Waals surface area contributed by atoms with Crippen molar-refractivity contribution in [3.8, 4) is 18.1 Å². The Bertz CT molecular complexity index is 642. The Hall–Kier alpha value is -1.44. The molecule has 1 heterocycles. The maximum Gasteiger partial charge on any atom is 0.256 e. The molecule has 0 unspecified atom stereocenters. The second-order valence-corrected chi connectivity index (χ2v) is 4.37. The molecule has 0 aliphatic carbocycles. The van der Waals surface area contributed by atoms with Gasteiger partial charge in [0.25, 0.3) is 6.43 Å². The molecule has 1 aliphatic heterocycles. The maximum atomic E-state index is 12.8. The summed E-state index contributed by atoms with van der Waals surface area (Å²) >= 11 is 0. The van der Waals surface area contributed by atoms with Crippen LogP contribution in [0.1, 0.15) is 5.56 Å². The standard InChI is InChI=1S/C17H14F2NO.Y/c1-4-13-7-10-16(20(12(13)2)11-17(18)19)14-5-8-15(21-3)9-6-14;/h1,5-9,17H,2,11H2,3H3;/q-1;. The number of ether oxygens (including phenoxy) is 1. The minimum atomic E-state index is -2.51. The van der Waals surface area contributed by atoms with Crippen LogP contribution in [-0.4, -0.2) is 25.0 Å². The summed E-state index contributed by atoms with van der Waals surface area (Å²) in [5, 5.41) is 0. The van der Waals surface area contributed by atoms with Gasteiger partial charge < -0.3 is 9.64 Å². The number of rotatable bonds is 4. The molecule has 111 valence electrons. The predicted octanol–water partition coefficient (Wildman–Crippen LogP) is 3.49. The molecule has 2 nitrogen and oxygen atoms in total. The van der Waals surface area contributed by atoms with Crippen molar-refractivity contribution in [3.63, 3.8) is 0 Å². The van der Waals surface area contributed by atoms with Gasteiger partial charge in [-0.05, 0) is 17.8 Å². The molecule has 0 N–H and O–H groups in total. The molecule has 2 rings (SSSR count). The summed E-state index contributed by atoms with van der Waals surface area (Å²) in [4.78, 5) is 1.39. The molecule has 0 bridgehead atoms. The van der Waals surface area contributed by atoms with Crippen LogP contribution in [0.5, 0.6) is 5.75 Å². The van der Waals surface area contributed by atoms with E-state index in [-0.39, 0.29) is 32.7 Å².